The van der Waals surface area contributed by atoms with Gasteiger partial charge in [0.25, 0.3) is 0 Å². The quantitative estimate of drug-likeness (QED) is 0.756. The Morgan fingerprint density at radius 1 is 1.13 bits per heavy atom. The van der Waals surface area contributed by atoms with Gasteiger partial charge >= 0.3 is 0 Å². The highest BCUT2D eigenvalue weighted by atomic mass is 16.5. The van der Waals surface area contributed by atoms with Crippen molar-refractivity contribution in [1.29, 1.82) is 0 Å². The molecule has 2 aromatic rings. The van der Waals surface area contributed by atoms with Crippen LogP contribution in [0.5, 0.6) is 0 Å². The first-order valence-electron chi connectivity index (χ1n) is 8.36. The summed E-state index contributed by atoms with van der Waals surface area (Å²) in [6.07, 6.45) is 2.27. The molecule has 1 saturated heterocycles. The van der Waals surface area contributed by atoms with E-state index in [0.717, 1.165) is 75.9 Å². The van der Waals surface area contributed by atoms with Crippen molar-refractivity contribution in [1.82, 2.24) is 35.2 Å². The minimum atomic E-state index is 0.825. The van der Waals surface area contributed by atoms with E-state index in [1.54, 1.807) is 0 Å². The van der Waals surface area contributed by atoms with Gasteiger partial charge in [0.05, 0.1) is 18.8 Å². The van der Waals surface area contributed by atoms with Gasteiger partial charge in [-0.2, -0.15) is 0 Å². The molecule has 3 heterocycles. The average Bonchev–Trinajstić information content (AvgIpc) is 3.16. The van der Waals surface area contributed by atoms with Gasteiger partial charge in [0.15, 0.2) is 11.6 Å². The van der Waals surface area contributed by atoms with Gasteiger partial charge in [-0.1, -0.05) is 18.5 Å². The Morgan fingerprint density at radius 3 is 2.52 bits per heavy atom. The van der Waals surface area contributed by atoms with Crippen molar-refractivity contribution in [2.45, 2.75) is 46.3 Å². The summed E-state index contributed by atoms with van der Waals surface area (Å²) >= 11 is 0. The number of rotatable bonds is 7. The van der Waals surface area contributed by atoms with Crippen LogP contribution < -0.4 is 0 Å². The Labute approximate surface area is 136 Å². The lowest BCUT2D eigenvalue weighted by atomic mass is 10.3. The van der Waals surface area contributed by atoms with Gasteiger partial charge in [-0.15, -0.1) is 5.10 Å². The number of unbranched alkanes of at least 4 members (excludes halogenated alkanes) is 1. The van der Waals surface area contributed by atoms with Crippen LogP contribution in [0.2, 0.25) is 0 Å². The molecule has 1 aliphatic heterocycles. The van der Waals surface area contributed by atoms with Crippen LogP contribution in [0.4, 0.5) is 0 Å². The Balaban J connectivity index is 1.46. The van der Waals surface area contributed by atoms with Crippen molar-refractivity contribution in [3.05, 3.63) is 23.3 Å². The Kier molecular flexibility index (Phi) is 5.35. The van der Waals surface area contributed by atoms with Crippen LogP contribution in [0.15, 0.2) is 10.6 Å². The number of nitrogens with zero attached hydrogens (tertiary/aromatic N) is 7. The van der Waals surface area contributed by atoms with Crippen LogP contribution in [-0.4, -0.2) is 61.3 Å². The van der Waals surface area contributed by atoms with E-state index in [-0.39, 0.29) is 0 Å². The molecular formula is C15H25N7O. The van der Waals surface area contributed by atoms with Crippen molar-refractivity contribution < 1.29 is 4.52 Å². The molecule has 0 N–H and O–H groups in total. The van der Waals surface area contributed by atoms with Crippen LogP contribution in [0.1, 0.15) is 37.0 Å². The van der Waals surface area contributed by atoms with Gasteiger partial charge in [-0.05, 0) is 23.8 Å². The Bertz CT molecular complexity index is 600. The fourth-order valence-corrected chi connectivity index (χ4v) is 2.83. The first-order chi connectivity index (χ1) is 11.2. The van der Waals surface area contributed by atoms with Crippen molar-refractivity contribution >= 4 is 0 Å². The SMILES string of the molecule is CCCCn1nnnc1CN1CCN(Cc2cc(C)no2)CC1. The smallest absolute Gasteiger partial charge is 0.165 e. The minimum Gasteiger partial charge on any atom is -0.360 e. The van der Waals surface area contributed by atoms with Gasteiger partial charge in [-0.25, -0.2) is 4.68 Å². The topological polar surface area (TPSA) is 76.1 Å². The molecule has 8 heteroatoms. The van der Waals surface area contributed by atoms with Crippen LogP contribution in [-0.2, 0) is 19.6 Å². The molecule has 0 saturated carbocycles. The molecule has 0 amide bonds. The fraction of sp³-hybridized carbons (Fsp3) is 0.733. The fourth-order valence-electron chi connectivity index (χ4n) is 2.83. The van der Waals surface area contributed by atoms with E-state index < -0.39 is 0 Å². The molecule has 0 atom stereocenters. The molecule has 1 fully saturated rings. The first kappa shape index (κ1) is 16.1. The number of hydrogen-bond acceptors (Lipinski definition) is 7. The van der Waals surface area contributed by atoms with Gasteiger partial charge < -0.3 is 4.52 Å². The molecule has 126 valence electrons. The maximum absolute atomic E-state index is 5.30. The number of aromatic nitrogens is 5. The molecule has 2 aromatic heterocycles. The third kappa shape index (κ3) is 4.35. The highest BCUT2D eigenvalue weighted by Crippen LogP contribution is 2.11. The molecule has 3 rings (SSSR count). The second-order valence-electron chi connectivity index (χ2n) is 6.16. The predicted octanol–water partition coefficient (Wildman–Crippen LogP) is 1.09. The third-order valence-corrected chi connectivity index (χ3v) is 4.22. The summed E-state index contributed by atoms with van der Waals surface area (Å²) in [4.78, 5) is 4.81. The minimum absolute atomic E-state index is 0.825. The summed E-state index contributed by atoms with van der Waals surface area (Å²) in [6.45, 7) is 10.8. The largest absolute Gasteiger partial charge is 0.360 e. The standard InChI is InChI=1S/C15H25N7O/c1-3-4-5-22-15(16-18-19-22)12-21-8-6-20(7-9-21)11-14-10-13(2)17-23-14/h10H,3-9,11-12H2,1-2H3. The summed E-state index contributed by atoms with van der Waals surface area (Å²) in [5.74, 6) is 1.91. The maximum Gasteiger partial charge on any atom is 0.165 e. The Hall–Kier alpha value is -1.80. The molecule has 0 radical (unpaired) electrons. The predicted molar refractivity (Wildman–Crippen MR) is 84.5 cm³/mol. The van der Waals surface area contributed by atoms with Crippen molar-refractivity contribution in [3.8, 4) is 0 Å². The lowest BCUT2D eigenvalue weighted by molar-refractivity contribution is 0.110. The molecule has 8 nitrogen and oxygen atoms in total. The Morgan fingerprint density at radius 2 is 1.87 bits per heavy atom. The normalized spacial score (nSPS) is 17.0. The maximum atomic E-state index is 5.30. The second-order valence-corrected chi connectivity index (χ2v) is 6.16. The molecule has 23 heavy (non-hydrogen) atoms. The third-order valence-electron chi connectivity index (χ3n) is 4.22. The van der Waals surface area contributed by atoms with Gasteiger partial charge in [0.2, 0.25) is 0 Å². The van der Waals surface area contributed by atoms with E-state index in [9.17, 15) is 0 Å². The van der Waals surface area contributed by atoms with Gasteiger partial charge in [0, 0.05) is 38.8 Å². The van der Waals surface area contributed by atoms with Gasteiger partial charge in [-0.3, -0.25) is 9.80 Å². The van der Waals surface area contributed by atoms with E-state index in [0.29, 0.717) is 0 Å². The summed E-state index contributed by atoms with van der Waals surface area (Å²) < 4.78 is 7.23. The van der Waals surface area contributed by atoms with E-state index in [1.807, 2.05) is 17.7 Å². The number of tetrazole rings is 1. The van der Waals surface area contributed by atoms with Crippen LogP contribution in [0, 0.1) is 6.92 Å². The molecule has 0 unspecified atom stereocenters. The average molecular weight is 319 g/mol. The van der Waals surface area contributed by atoms with E-state index in [4.69, 9.17) is 4.52 Å². The number of hydrogen-bond donors (Lipinski definition) is 0. The summed E-state index contributed by atoms with van der Waals surface area (Å²) in [5.41, 5.74) is 0.942. The molecular weight excluding hydrogens is 294 g/mol. The van der Waals surface area contributed by atoms with Crippen molar-refractivity contribution in [2.75, 3.05) is 26.2 Å². The van der Waals surface area contributed by atoms with E-state index in [2.05, 4.69) is 37.4 Å². The van der Waals surface area contributed by atoms with Crippen molar-refractivity contribution in [2.24, 2.45) is 0 Å². The lowest BCUT2D eigenvalue weighted by Crippen LogP contribution is -2.45. The molecule has 0 aromatic carbocycles. The molecule has 0 bridgehead atoms. The van der Waals surface area contributed by atoms with E-state index >= 15 is 0 Å². The summed E-state index contributed by atoms with van der Waals surface area (Å²) in [6, 6.07) is 2.01. The lowest BCUT2D eigenvalue weighted by Gasteiger charge is -2.33. The number of aryl methyl sites for hydroxylation is 2. The molecule has 1 aliphatic rings. The monoisotopic (exact) mass is 319 g/mol. The van der Waals surface area contributed by atoms with Gasteiger partial charge in [0.1, 0.15) is 0 Å². The van der Waals surface area contributed by atoms with E-state index in [1.165, 1.54) is 0 Å². The van der Waals surface area contributed by atoms with Crippen LogP contribution in [0.3, 0.4) is 0 Å². The van der Waals surface area contributed by atoms with Crippen LogP contribution in [0.25, 0.3) is 0 Å². The zero-order valence-electron chi connectivity index (χ0n) is 14.0. The number of piperazine rings is 1. The first-order valence-corrected chi connectivity index (χ1v) is 8.36. The second kappa shape index (κ2) is 7.65. The summed E-state index contributed by atoms with van der Waals surface area (Å²) in [7, 11) is 0. The molecule has 0 spiro atoms. The zero-order valence-corrected chi connectivity index (χ0v) is 14.0. The van der Waals surface area contributed by atoms with Crippen molar-refractivity contribution in [3.63, 3.8) is 0 Å². The highest BCUT2D eigenvalue weighted by Gasteiger charge is 2.20. The molecule has 0 aliphatic carbocycles. The summed E-state index contributed by atoms with van der Waals surface area (Å²) in [5, 5.41) is 16.0. The highest BCUT2D eigenvalue weighted by molar-refractivity contribution is 5.03. The zero-order chi connectivity index (χ0) is 16.1. The van der Waals surface area contributed by atoms with Crippen LogP contribution >= 0.6 is 0 Å².